The molecule has 0 unspecified atom stereocenters. The number of hydrogen-bond donors (Lipinski definition) is 0. The quantitative estimate of drug-likeness (QED) is 0.746. The van der Waals surface area contributed by atoms with E-state index in [1.807, 2.05) is 0 Å². The van der Waals surface area contributed by atoms with E-state index in [-0.39, 0.29) is 17.1 Å². The normalized spacial score (nSPS) is 26.0. The van der Waals surface area contributed by atoms with Gasteiger partial charge in [0.25, 0.3) is 0 Å². The van der Waals surface area contributed by atoms with Gasteiger partial charge >= 0.3 is 0 Å². The first-order valence-corrected chi connectivity index (χ1v) is 9.44. The lowest BCUT2D eigenvalue weighted by Crippen LogP contribution is -2.51. The van der Waals surface area contributed by atoms with Gasteiger partial charge in [-0.05, 0) is 24.7 Å². The van der Waals surface area contributed by atoms with Crippen molar-refractivity contribution < 1.29 is 22.7 Å². The van der Waals surface area contributed by atoms with Crippen molar-refractivity contribution in [2.24, 2.45) is 11.3 Å². The molecule has 1 atom stereocenters. The number of amides is 1. The van der Waals surface area contributed by atoms with E-state index in [0.717, 1.165) is 32.1 Å². The van der Waals surface area contributed by atoms with Crippen LogP contribution in [0.3, 0.4) is 0 Å². The molecule has 2 aliphatic heterocycles. The predicted octanol–water partition coefficient (Wildman–Crippen LogP) is 0.323. The summed E-state index contributed by atoms with van der Waals surface area (Å²) >= 11 is 0. The van der Waals surface area contributed by atoms with E-state index in [1.54, 1.807) is 12.0 Å². The van der Waals surface area contributed by atoms with Gasteiger partial charge in [-0.3, -0.25) is 4.79 Å². The summed E-state index contributed by atoms with van der Waals surface area (Å²) in [5, 5.41) is 0. The molecule has 2 saturated heterocycles. The monoisotopic (exact) mass is 319 g/mol. The van der Waals surface area contributed by atoms with Gasteiger partial charge in [0.2, 0.25) is 5.91 Å². The lowest BCUT2D eigenvalue weighted by atomic mass is 9.66. The van der Waals surface area contributed by atoms with Crippen LogP contribution in [0.1, 0.15) is 19.3 Å². The van der Waals surface area contributed by atoms with Gasteiger partial charge in [-0.15, -0.1) is 0 Å². The van der Waals surface area contributed by atoms with Crippen LogP contribution in [0.4, 0.5) is 0 Å². The molecule has 0 N–H and O–H groups in total. The van der Waals surface area contributed by atoms with Crippen LogP contribution in [0.5, 0.6) is 0 Å². The number of nitrogens with zero attached hydrogens (tertiary/aromatic N) is 1. The Bertz CT molecular complexity index is 466. The summed E-state index contributed by atoms with van der Waals surface area (Å²) < 4.78 is 33.3. The van der Waals surface area contributed by atoms with Crippen molar-refractivity contribution in [3.8, 4) is 0 Å². The van der Waals surface area contributed by atoms with Crippen LogP contribution in [0.2, 0.25) is 0 Å². The summed E-state index contributed by atoms with van der Waals surface area (Å²) in [4.78, 5) is 13.7. The number of methoxy groups -OCH3 is 1. The zero-order valence-electron chi connectivity index (χ0n) is 12.8. The Balaban J connectivity index is 1.96. The van der Waals surface area contributed by atoms with Crippen LogP contribution in [-0.4, -0.2) is 71.3 Å². The molecule has 0 aromatic heterocycles. The predicted molar refractivity (Wildman–Crippen MR) is 78.8 cm³/mol. The Kier molecular flexibility index (Phi) is 5.27. The van der Waals surface area contributed by atoms with E-state index in [4.69, 9.17) is 9.47 Å². The first-order valence-electron chi connectivity index (χ1n) is 7.38. The van der Waals surface area contributed by atoms with Crippen molar-refractivity contribution in [3.63, 3.8) is 0 Å². The van der Waals surface area contributed by atoms with Crippen molar-refractivity contribution in [2.45, 2.75) is 19.3 Å². The average molecular weight is 319 g/mol. The third-order valence-electron chi connectivity index (χ3n) is 4.79. The minimum atomic E-state index is -3.26. The lowest BCUT2D eigenvalue weighted by Gasteiger charge is -2.48. The van der Waals surface area contributed by atoms with Crippen molar-refractivity contribution >= 4 is 15.7 Å². The number of sulfone groups is 1. The molecule has 2 heterocycles. The second-order valence-electron chi connectivity index (χ2n) is 6.29. The largest absolute Gasteiger partial charge is 0.384 e. The fourth-order valence-electron chi connectivity index (χ4n) is 3.48. The number of piperidine rings is 1. The maximum atomic E-state index is 12.0. The van der Waals surface area contributed by atoms with Crippen molar-refractivity contribution in [3.05, 3.63) is 0 Å². The molecule has 0 bridgehead atoms. The summed E-state index contributed by atoms with van der Waals surface area (Å²) in [7, 11) is -1.56. The van der Waals surface area contributed by atoms with Crippen molar-refractivity contribution in [1.82, 2.24) is 4.90 Å². The first kappa shape index (κ1) is 16.7. The van der Waals surface area contributed by atoms with Crippen LogP contribution in [0.15, 0.2) is 0 Å². The summed E-state index contributed by atoms with van der Waals surface area (Å²) in [6.45, 7) is 3.42. The highest BCUT2D eigenvalue weighted by Gasteiger charge is 2.44. The third kappa shape index (κ3) is 4.17. The Morgan fingerprint density at radius 2 is 2.00 bits per heavy atom. The molecule has 2 fully saturated rings. The molecule has 21 heavy (non-hydrogen) atoms. The molecule has 0 aromatic carbocycles. The Hall–Kier alpha value is -0.660. The third-order valence-corrected chi connectivity index (χ3v) is 5.57. The van der Waals surface area contributed by atoms with Crippen LogP contribution < -0.4 is 0 Å². The number of likely N-dealkylation sites (tertiary alicyclic amines) is 1. The molecule has 0 radical (unpaired) electrons. The van der Waals surface area contributed by atoms with E-state index in [0.29, 0.717) is 32.2 Å². The Labute approximate surface area is 126 Å². The fraction of sp³-hybridized carbons (Fsp3) is 0.929. The van der Waals surface area contributed by atoms with Crippen LogP contribution in [0, 0.1) is 11.3 Å². The molecule has 0 aliphatic carbocycles. The highest BCUT2D eigenvalue weighted by Crippen LogP contribution is 2.44. The molecule has 6 nitrogen and oxygen atoms in total. The standard InChI is InChI=1S/C14H25NO5S/c1-19-9-12-10-20-8-5-14(12)3-6-15(7-4-14)13(16)11-21(2,17)18/h12H,3-11H2,1-2H3/t12-/m0/s1. The average Bonchev–Trinajstić information content (AvgIpc) is 2.41. The van der Waals surface area contributed by atoms with Gasteiger partial charge < -0.3 is 14.4 Å². The van der Waals surface area contributed by atoms with Gasteiger partial charge in [0.05, 0.1) is 13.2 Å². The lowest BCUT2D eigenvalue weighted by molar-refractivity contribution is -0.135. The van der Waals surface area contributed by atoms with Crippen molar-refractivity contribution in [1.29, 1.82) is 0 Å². The number of carbonyl (C=O) groups excluding carboxylic acids is 1. The molecule has 122 valence electrons. The number of hydrogen-bond acceptors (Lipinski definition) is 5. The van der Waals surface area contributed by atoms with E-state index in [2.05, 4.69) is 0 Å². The molecule has 1 amide bonds. The number of carbonyl (C=O) groups is 1. The molecular formula is C14H25NO5S. The van der Waals surface area contributed by atoms with E-state index in [1.165, 1.54) is 0 Å². The Morgan fingerprint density at radius 3 is 2.57 bits per heavy atom. The maximum Gasteiger partial charge on any atom is 0.237 e. The van der Waals surface area contributed by atoms with E-state index >= 15 is 0 Å². The summed E-state index contributed by atoms with van der Waals surface area (Å²) in [6, 6.07) is 0. The number of rotatable bonds is 4. The van der Waals surface area contributed by atoms with Gasteiger partial charge in [0.15, 0.2) is 9.84 Å². The fourth-order valence-corrected chi connectivity index (χ4v) is 4.11. The molecule has 2 rings (SSSR count). The Morgan fingerprint density at radius 1 is 1.33 bits per heavy atom. The van der Waals surface area contributed by atoms with Crippen LogP contribution >= 0.6 is 0 Å². The molecule has 1 spiro atoms. The van der Waals surface area contributed by atoms with Crippen LogP contribution in [-0.2, 0) is 24.1 Å². The van der Waals surface area contributed by atoms with Gasteiger partial charge in [0, 0.05) is 39.0 Å². The molecule has 7 heteroatoms. The minimum absolute atomic E-state index is 0.177. The van der Waals surface area contributed by atoms with E-state index in [9.17, 15) is 13.2 Å². The molecule has 2 aliphatic rings. The van der Waals surface area contributed by atoms with Crippen molar-refractivity contribution in [2.75, 3.05) is 52.0 Å². The SMILES string of the molecule is COC[C@H]1COCCC12CCN(C(=O)CS(C)(=O)=O)CC2. The highest BCUT2D eigenvalue weighted by molar-refractivity contribution is 7.91. The first-order chi connectivity index (χ1) is 9.86. The van der Waals surface area contributed by atoms with E-state index < -0.39 is 9.84 Å². The summed E-state index contributed by atoms with van der Waals surface area (Å²) in [5.74, 6) is -0.295. The van der Waals surface area contributed by atoms with Gasteiger partial charge in [-0.2, -0.15) is 0 Å². The molecule has 0 aromatic rings. The second kappa shape index (κ2) is 6.62. The van der Waals surface area contributed by atoms with Crippen LogP contribution in [0.25, 0.3) is 0 Å². The van der Waals surface area contributed by atoms with Gasteiger partial charge in [-0.25, -0.2) is 8.42 Å². The zero-order valence-corrected chi connectivity index (χ0v) is 13.7. The molecular weight excluding hydrogens is 294 g/mol. The number of ether oxygens (including phenoxy) is 2. The molecule has 0 saturated carbocycles. The topological polar surface area (TPSA) is 72.9 Å². The highest BCUT2D eigenvalue weighted by atomic mass is 32.2. The van der Waals surface area contributed by atoms with Gasteiger partial charge in [-0.1, -0.05) is 0 Å². The second-order valence-corrected chi connectivity index (χ2v) is 8.43. The summed E-state index contributed by atoms with van der Waals surface area (Å²) in [5.41, 5.74) is 0.177. The minimum Gasteiger partial charge on any atom is -0.384 e. The smallest absolute Gasteiger partial charge is 0.237 e. The summed E-state index contributed by atoms with van der Waals surface area (Å²) in [6.07, 6.45) is 3.90. The van der Waals surface area contributed by atoms with Gasteiger partial charge in [0.1, 0.15) is 5.75 Å². The zero-order chi connectivity index (χ0) is 15.5. The maximum absolute atomic E-state index is 12.0.